The van der Waals surface area contributed by atoms with Crippen molar-refractivity contribution in [3.63, 3.8) is 0 Å². The summed E-state index contributed by atoms with van der Waals surface area (Å²) in [5, 5.41) is 19.7. The number of aliphatic hydroxyl groups is 2. The van der Waals surface area contributed by atoms with Gasteiger partial charge >= 0.3 is 0 Å². The van der Waals surface area contributed by atoms with Crippen LogP contribution in [0.2, 0.25) is 0 Å². The normalized spacial score (nSPS) is 34.2. The molecular formula is C20H22O6. The van der Waals surface area contributed by atoms with Crippen molar-refractivity contribution in [2.24, 2.45) is 0 Å². The third-order valence-corrected chi connectivity index (χ3v) is 4.72. The Kier molecular flexibility index (Phi) is 5.31. The number of ether oxygens (including phenoxy) is 4. The molecule has 6 nitrogen and oxygen atoms in total. The highest BCUT2D eigenvalue weighted by Gasteiger charge is 2.49. The minimum absolute atomic E-state index is 0.215. The summed E-state index contributed by atoms with van der Waals surface area (Å²) in [5.74, 6) is 0. The molecule has 2 aliphatic rings. The zero-order valence-corrected chi connectivity index (χ0v) is 14.2. The van der Waals surface area contributed by atoms with E-state index in [1.807, 2.05) is 60.7 Å². The number of rotatable bonds is 4. The molecule has 2 saturated heterocycles. The van der Waals surface area contributed by atoms with E-state index < -0.39 is 37.0 Å². The molecule has 2 aromatic carbocycles. The first-order chi connectivity index (χ1) is 12.8. The zero-order chi connectivity index (χ0) is 17.9. The van der Waals surface area contributed by atoms with E-state index in [-0.39, 0.29) is 13.2 Å². The van der Waals surface area contributed by atoms with Crippen molar-refractivity contribution in [1.82, 2.24) is 0 Å². The minimum Gasteiger partial charge on any atom is -0.394 e. The molecular weight excluding hydrogens is 336 g/mol. The van der Waals surface area contributed by atoms with Crippen molar-refractivity contribution in [1.29, 1.82) is 0 Å². The molecule has 2 aliphatic heterocycles. The van der Waals surface area contributed by atoms with Crippen LogP contribution in [0.15, 0.2) is 60.7 Å². The van der Waals surface area contributed by atoms with Crippen LogP contribution in [0, 0.1) is 0 Å². The van der Waals surface area contributed by atoms with Crippen molar-refractivity contribution < 1.29 is 29.2 Å². The maximum Gasteiger partial charge on any atom is 0.184 e. The predicted octanol–water partition coefficient (Wildman–Crippen LogP) is 1.94. The fourth-order valence-corrected chi connectivity index (χ4v) is 3.40. The highest BCUT2D eigenvalue weighted by molar-refractivity contribution is 5.18. The lowest BCUT2D eigenvalue weighted by atomic mass is 9.99. The van der Waals surface area contributed by atoms with Gasteiger partial charge in [-0.3, -0.25) is 0 Å². The highest BCUT2D eigenvalue weighted by atomic mass is 16.8. The van der Waals surface area contributed by atoms with Gasteiger partial charge in [0, 0.05) is 11.1 Å². The Bertz CT molecular complexity index is 632. The minimum atomic E-state index is -0.649. The first-order valence-electron chi connectivity index (χ1n) is 8.73. The van der Waals surface area contributed by atoms with Crippen molar-refractivity contribution in [2.75, 3.05) is 13.2 Å². The maximum atomic E-state index is 9.85. The van der Waals surface area contributed by atoms with Crippen LogP contribution in [-0.2, 0) is 18.9 Å². The van der Waals surface area contributed by atoms with Gasteiger partial charge in [0.15, 0.2) is 12.6 Å². The van der Waals surface area contributed by atoms with Gasteiger partial charge in [-0.25, -0.2) is 0 Å². The summed E-state index contributed by atoms with van der Waals surface area (Å²) >= 11 is 0. The molecule has 2 fully saturated rings. The molecule has 2 N–H and O–H groups in total. The van der Waals surface area contributed by atoms with Crippen molar-refractivity contribution in [2.45, 2.75) is 37.0 Å². The third kappa shape index (κ3) is 3.40. The van der Waals surface area contributed by atoms with Crippen LogP contribution in [0.25, 0.3) is 0 Å². The lowest BCUT2D eigenvalue weighted by Gasteiger charge is -2.48. The second-order valence-corrected chi connectivity index (χ2v) is 6.40. The summed E-state index contributed by atoms with van der Waals surface area (Å²) < 4.78 is 24.0. The summed E-state index contributed by atoms with van der Waals surface area (Å²) in [4.78, 5) is 0. The molecule has 2 heterocycles. The summed E-state index contributed by atoms with van der Waals surface area (Å²) in [7, 11) is 0. The summed E-state index contributed by atoms with van der Waals surface area (Å²) in [5.41, 5.74) is 1.68. The quantitative estimate of drug-likeness (QED) is 0.870. The van der Waals surface area contributed by atoms with Gasteiger partial charge in [-0.15, -0.1) is 0 Å². The Balaban J connectivity index is 1.59. The summed E-state index contributed by atoms with van der Waals surface area (Å²) in [6.07, 6.45) is -3.55. The average Bonchev–Trinajstić information content (AvgIpc) is 2.73. The largest absolute Gasteiger partial charge is 0.394 e. The van der Waals surface area contributed by atoms with Gasteiger partial charge in [0.25, 0.3) is 0 Å². The van der Waals surface area contributed by atoms with Gasteiger partial charge in [0.05, 0.1) is 13.2 Å². The molecule has 4 rings (SSSR count). The molecule has 0 aliphatic carbocycles. The first-order valence-corrected chi connectivity index (χ1v) is 8.73. The second-order valence-electron chi connectivity index (χ2n) is 6.40. The number of hydrogen-bond acceptors (Lipinski definition) is 6. The Morgan fingerprint density at radius 1 is 0.577 bits per heavy atom. The topological polar surface area (TPSA) is 77.4 Å². The zero-order valence-electron chi connectivity index (χ0n) is 14.2. The third-order valence-electron chi connectivity index (χ3n) is 4.72. The fourth-order valence-electron chi connectivity index (χ4n) is 3.40. The van der Waals surface area contributed by atoms with Crippen LogP contribution in [-0.4, -0.2) is 47.8 Å². The van der Waals surface area contributed by atoms with E-state index in [0.717, 1.165) is 11.1 Å². The molecule has 0 amide bonds. The SMILES string of the molecule is OC[C@@H]1OC(c2ccccc2)O[C@@H]2[C@H]1OC(c1ccccc1)O[C@@H]2CO. The smallest absolute Gasteiger partial charge is 0.184 e. The molecule has 0 saturated carbocycles. The van der Waals surface area contributed by atoms with Gasteiger partial charge in [-0.1, -0.05) is 60.7 Å². The van der Waals surface area contributed by atoms with Crippen LogP contribution < -0.4 is 0 Å². The number of hydrogen-bond donors (Lipinski definition) is 2. The van der Waals surface area contributed by atoms with Crippen molar-refractivity contribution in [3.05, 3.63) is 71.8 Å². The van der Waals surface area contributed by atoms with Gasteiger partial charge in [0.1, 0.15) is 24.4 Å². The molecule has 6 atom stereocenters. The monoisotopic (exact) mass is 358 g/mol. The summed E-state index contributed by atoms with van der Waals surface area (Å²) in [6.45, 7) is -0.430. The van der Waals surface area contributed by atoms with E-state index >= 15 is 0 Å². The molecule has 0 aromatic heterocycles. The fraction of sp³-hybridized carbons (Fsp3) is 0.400. The van der Waals surface area contributed by atoms with E-state index in [4.69, 9.17) is 18.9 Å². The van der Waals surface area contributed by atoms with E-state index in [1.54, 1.807) is 0 Å². The standard InChI is InChI=1S/C20H22O6/c21-11-15-18-17(25-19(23-15)13-7-3-1-4-8-13)16(12-22)24-20(26-18)14-9-5-2-6-10-14/h1-10,15-22H,11-12H2/t15-,16+,17-,18-,19?,20?/m0/s1. The van der Waals surface area contributed by atoms with Crippen LogP contribution in [0.4, 0.5) is 0 Å². The second kappa shape index (κ2) is 7.84. The number of aliphatic hydroxyl groups excluding tert-OH is 2. The number of fused-ring (bicyclic) bond motifs is 1. The van der Waals surface area contributed by atoms with Crippen LogP contribution >= 0.6 is 0 Å². The van der Waals surface area contributed by atoms with Crippen LogP contribution in [0.3, 0.4) is 0 Å². The van der Waals surface area contributed by atoms with Gasteiger partial charge < -0.3 is 29.2 Å². The van der Waals surface area contributed by atoms with E-state index in [2.05, 4.69) is 0 Å². The van der Waals surface area contributed by atoms with Gasteiger partial charge in [-0.05, 0) is 0 Å². The van der Waals surface area contributed by atoms with E-state index in [0.29, 0.717) is 0 Å². The number of benzene rings is 2. The maximum absolute atomic E-state index is 9.85. The van der Waals surface area contributed by atoms with Gasteiger partial charge in [0.2, 0.25) is 0 Å². The Labute approximate surface area is 151 Å². The van der Waals surface area contributed by atoms with Crippen LogP contribution in [0.1, 0.15) is 23.7 Å². The molecule has 2 aromatic rings. The highest BCUT2D eigenvalue weighted by Crippen LogP contribution is 2.40. The predicted molar refractivity (Wildman–Crippen MR) is 92.0 cm³/mol. The lowest BCUT2D eigenvalue weighted by Crippen LogP contribution is -2.59. The molecule has 26 heavy (non-hydrogen) atoms. The van der Waals surface area contributed by atoms with Crippen molar-refractivity contribution in [3.8, 4) is 0 Å². The van der Waals surface area contributed by atoms with E-state index in [9.17, 15) is 10.2 Å². The first kappa shape index (κ1) is 17.6. The molecule has 0 spiro atoms. The molecule has 0 bridgehead atoms. The molecule has 2 unspecified atom stereocenters. The molecule has 138 valence electrons. The Morgan fingerprint density at radius 3 is 1.31 bits per heavy atom. The van der Waals surface area contributed by atoms with Crippen LogP contribution in [0.5, 0.6) is 0 Å². The van der Waals surface area contributed by atoms with E-state index in [1.165, 1.54) is 0 Å². The average molecular weight is 358 g/mol. The van der Waals surface area contributed by atoms with Crippen molar-refractivity contribution >= 4 is 0 Å². The summed E-state index contributed by atoms with van der Waals surface area (Å²) in [6, 6.07) is 19.0. The molecule has 6 heteroatoms. The lowest BCUT2D eigenvalue weighted by molar-refractivity contribution is -0.387. The Hall–Kier alpha value is -1.80. The Morgan fingerprint density at radius 2 is 0.962 bits per heavy atom. The molecule has 0 radical (unpaired) electrons. The van der Waals surface area contributed by atoms with Gasteiger partial charge in [-0.2, -0.15) is 0 Å².